The summed E-state index contributed by atoms with van der Waals surface area (Å²) in [6.45, 7) is 8.13. The first-order chi connectivity index (χ1) is 26.4. The fourth-order valence-electron chi connectivity index (χ4n) is 6.59. The minimum absolute atomic E-state index is 0.0554. The number of ether oxygens (including phenoxy) is 4. The highest BCUT2D eigenvalue weighted by Gasteiger charge is 2.17. The van der Waals surface area contributed by atoms with Crippen molar-refractivity contribution in [2.45, 2.75) is 175 Å². The van der Waals surface area contributed by atoms with Gasteiger partial charge in [-0.3, -0.25) is 14.4 Å². The summed E-state index contributed by atoms with van der Waals surface area (Å²) in [6, 6.07) is 7.84. The Kier molecular flexibility index (Phi) is 23.5. The minimum atomic E-state index is -0.459. The van der Waals surface area contributed by atoms with Crippen LogP contribution in [0.2, 0.25) is 0 Å². The molecule has 1 atom stereocenters. The molecule has 9 heteroatoms. The van der Waals surface area contributed by atoms with Crippen molar-refractivity contribution in [1.29, 1.82) is 0 Å². The molecule has 54 heavy (non-hydrogen) atoms. The summed E-state index contributed by atoms with van der Waals surface area (Å²) in [7, 11) is 0. The van der Waals surface area contributed by atoms with Crippen LogP contribution in [0.1, 0.15) is 167 Å². The lowest BCUT2D eigenvalue weighted by Gasteiger charge is -2.18. The van der Waals surface area contributed by atoms with Gasteiger partial charge in [0.1, 0.15) is 29.7 Å². The summed E-state index contributed by atoms with van der Waals surface area (Å²) < 4.78 is 29.2. The van der Waals surface area contributed by atoms with E-state index in [1.807, 2.05) is 0 Å². The van der Waals surface area contributed by atoms with Gasteiger partial charge in [-0.2, -0.15) is 0 Å². The monoisotopic (exact) mass is 752 g/mol. The predicted octanol–water partition coefficient (Wildman–Crippen LogP) is 11.5. The highest BCUT2D eigenvalue weighted by Crippen LogP contribution is 2.31. The number of unbranched alkanes of at least 4 members (excludes halogenated alkanes) is 18. The van der Waals surface area contributed by atoms with E-state index in [1.165, 1.54) is 121 Å². The van der Waals surface area contributed by atoms with E-state index in [0.717, 1.165) is 19.3 Å². The number of hydrogen-bond acceptors (Lipinski definition) is 9. The average Bonchev–Trinajstić information content (AvgIpc) is 3.16. The van der Waals surface area contributed by atoms with E-state index >= 15 is 0 Å². The molecule has 1 aliphatic carbocycles. The molecular formula is C45H69NO8. The molecule has 302 valence electrons. The van der Waals surface area contributed by atoms with Crippen molar-refractivity contribution in [2.24, 2.45) is 0 Å². The first kappa shape index (κ1) is 45.1. The van der Waals surface area contributed by atoms with E-state index in [4.69, 9.17) is 23.4 Å². The van der Waals surface area contributed by atoms with Gasteiger partial charge in [-0.15, -0.1) is 0 Å². The molecule has 0 bridgehead atoms. The minimum Gasteiger partial charge on any atom is -0.463 e. The normalized spacial score (nSPS) is 12.1. The first-order valence-electron chi connectivity index (χ1n) is 21.3. The molecule has 1 aromatic carbocycles. The molecule has 0 N–H and O–H groups in total. The van der Waals surface area contributed by atoms with E-state index in [1.54, 1.807) is 25.1 Å². The van der Waals surface area contributed by atoms with Crippen LogP contribution in [0.4, 0.5) is 0 Å². The smallest absolute Gasteiger partial charge is 0.311 e. The number of esters is 2. The van der Waals surface area contributed by atoms with Crippen LogP contribution in [0.15, 0.2) is 39.5 Å². The second-order valence-electron chi connectivity index (χ2n) is 14.8. The first-order valence-corrected chi connectivity index (χ1v) is 21.3. The third kappa shape index (κ3) is 18.8. The van der Waals surface area contributed by atoms with Crippen molar-refractivity contribution in [3.8, 4) is 17.2 Å². The van der Waals surface area contributed by atoms with Crippen molar-refractivity contribution in [3.05, 3.63) is 46.1 Å². The van der Waals surface area contributed by atoms with Gasteiger partial charge in [0.2, 0.25) is 0 Å². The van der Waals surface area contributed by atoms with Crippen molar-refractivity contribution < 1.29 is 33.0 Å². The maximum atomic E-state index is 12.7. The van der Waals surface area contributed by atoms with Gasteiger partial charge >= 0.3 is 11.9 Å². The topological polar surface area (TPSA) is 114 Å². The average molecular weight is 752 g/mol. The number of benzene rings is 2. The van der Waals surface area contributed by atoms with Crippen LogP contribution in [-0.2, 0) is 23.8 Å². The lowest BCUT2D eigenvalue weighted by atomic mass is 10.1. The lowest BCUT2D eigenvalue weighted by Crippen LogP contribution is -2.28. The maximum Gasteiger partial charge on any atom is 0.311 e. The number of aromatic nitrogens is 1. The molecule has 1 heterocycles. The molecule has 2 aliphatic rings. The van der Waals surface area contributed by atoms with Crippen molar-refractivity contribution in [3.63, 3.8) is 0 Å². The second-order valence-corrected chi connectivity index (χ2v) is 14.8. The fraction of sp³-hybridized carbons (Fsp3) is 0.689. The van der Waals surface area contributed by atoms with Crippen LogP contribution in [-0.4, -0.2) is 49.5 Å². The summed E-state index contributed by atoms with van der Waals surface area (Å²) in [5.74, 6) is -0.119. The Morgan fingerprint density at radius 1 is 0.667 bits per heavy atom. The number of nitrogens with zero attached hydrogens (tertiary/aromatic N) is 1. The predicted molar refractivity (Wildman–Crippen MR) is 216 cm³/mol. The molecular weight excluding hydrogens is 682 g/mol. The van der Waals surface area contributed by atoms with Crippen molar-refractivity contribution >= 4 is 23.0 Å². The van der Waals surface area contributed by atoms with E-state index in [0.29, 0.717) is 60.1 Å². The lowest BCUT2D eigenvalue weighted by molar-refractivity contribution is -0.150. The quantitative estimate of drug-likeness (QED) is 0.0266. The summed E-state index contributed by atoms with van der Waals surface area (Å²) in [5, 5.41) is 0. The third-order valence-corrected chi connectivity index (χ3v) is 9.93. The maximum absolute atomic E-state index is 12.7. The van der Waals surface area contributed by atoms with Gasteiger partial charge in [0.15, 0.2) is 16.8 Å². The molecule has 0 saturated heterocycles. The Balaban J connectivity index is 1.35. The van der Waals surface area contributed by atoms with E-state index in [-0.39, 0.29) is 37.0 Å². The van der Waals surface area contributed by atoms with Gasteiger partial charge < -0.3 is 23.4 Å². The second kappa shape index (κ2) is 28.2. The van der Waals surface area contributed by atoms with Crippen LogP contribution in [0.3, 0.4) is 0 Å². The molecule has 0 saturated carbocycles. The van der Waals surface area contributed by atoms with Crippen LogP contribution >= 0.6 is 0 Å². The Morgan fingerprint density at radius 3 is 1.87 bits per heavy atom. The highest BCUT2D eigenvalue weighted by atomic mass is 16.6. The molecule has 0 aromatic heterocycles. The highest BCUT2D eigenvalue weighted by molar-refractivity contribution is 5.83. The van der Waals surface area contributed by atoms with E-state index < -0.39 is 5.97 Å². The third-order valence-electron chi connectivity index (χ3n) is 9.93. The number of carbonyl (C=O) groups is 2. The summed E-state index contributed by atoms with van der Waals surface area (Å²) in [4.78, 5) is 41.7. The Morgan fingerprint density at radius 2 is 1.24 bits per heavy atom. The molecule has 9 nitrogen and oxygen atoms in total. The number of rotatable bonds is 32. The Labute approximate surface area is 324 Å². The summed E-state index contributed by atoms with van der Waals surface area (Å²) >= 11 is 0. The van der Waals surface area contributed by atoms with E-state index in [9.17, 15) is 14.4 Å². The van der Waals surface area contributed by atoms with Crippen LogP contribution in [0.25, 0.3) is 22.6 Å². The van der Waals surface area contributed by atoms with Gasteiger partial charge in [0, 0.05) is 37.7 Å². The number of fused-ring (bicyclic) bond motifs is 2. The van der Waals surface area contributed by atoms with Crippen molar-refractivity contribution in [2.75, 3.05) is 26.4 Å². The summed E-state index contributed by atoms with van der Waals surface area (Å²) in [6.07, 6.45) is 25.6. The number of carbonyl (C=O) groups excluding carboxylic acids is 2. The largest absolute Gasteiger partial charge is 0.463 e. The molecule has 1 aliphatic heterocycles. The van der Waals surface area contributed by atoms with E-state index in [2.05, 4.69) is 18.8 Å². The van der Waals surface area contributed by atoms with Crippen LogP contribution in [0.5, 0.6) is 5.75 Å². The molecule has 1 aromatic rings. The standard InChI is InChI=1S/C45H69NO8/c1-4-6-8-10-12-14-16-18-20-22-31-50-34-38(51-32-23-21-19-17-15-13-11-9-7-5-2)35-52-43(48)25-24-26-44(49)53-41-30-29-40-45(36(41)3)54-42-33-37(47)27-28-39(42)46-40/h27-30,33,38H,4-26,31-32,34-35H2,1-3H3/t38-/m1/s1. The Bertz CT molecular complexity index is 1490. The summed E-state index contributed by atoms with van der Waals surface area (Å²) in [5.41, 5.74) is 2.04. The zero-order chi connectivity index (χ0) is 38.6. The fourth-order valence-corrected chi connectivity index (χ4v) is 6.59. The zero-order valence-electron chi connectivity index (χ0n) is 33.8. The van der Waals surface area contributed by atoms with Gasteiger partial charge in [0.05, 0.1) is 6.61 Å². The molecule has 0 spiro atoms. The van der Waals surface area contributed by atoms with Gasteiger partial charge in [-0.1, -0.05) is 129 Å². The van der Waals surface area contributed by atoms with Gasteiger partial charge in [-0.25, -0.2) is 4.98 Å². The zero-order valence-corrected chi connectivity index (χ0v) is 33.8. The van der Waals surface area contributed by atoms with Crippen LogP contribution in [0, 0.1) is 6.92 Å². The number of aryl methyl sites for hydroxylation is 1. The number of hydrogen-bond donors (Lipinski definition) is 0. The Hall–Kier alpha value is -3.30. The van der Waals surface area contributed by atoms with Crippen molar-refractivity contribution in [1.82, 2.24) is 4.98 Å². The molecule has 0 fully saturated rings. The molecule has 0 unspecified atom stereocenters. The molecule has 0 amide bonds. The SMILES string of the molecule is CCCCCCCCCCCCOC[C@H](COC(=O)CCCC(=O)Oc1ccc2nc3ccc(=O)cc-3oc2c1C)OCCCCCCCCCCCC. The molecule has 0 radical (unpaired) electrons. The van der Waals surface area contributed by atoms with Gasteiger partial charge in [-0.05, 0) is 50.5 Å². The van der Waals surface area contributed by atoms with Crippen LogP contribution < -0.4 is 10.2 Å². The molecule has 3 rings (SSSR count). The van der Waals surface area contributed by atoms with Gasteiger partial charge in [0.25, 0.3) is 0 Å².